The molecule has 0 bridgehead atoms. The van der Waals surface area contributed by atoms with Crippen LogP contribution in [0.4, 0.5) is 0 Å². The fourth-order valence-electron chi connectivity index (χ4n) is 5.15. The third kappa shape index (κ3) is 4.85. The maximum Gasteiger partial charge on any atom is 0.244 e. The summed E-state index contributed by atoms with van der Waals surface area (Å²) in [7, 11) is -3.90. The SMILES string of the molecule is C=CCN(CC(=O)N1CCc2sccc2C1c1ccccc1C)S(=O)(=O)c1c(C)cc(C)cc1C. The lowest BCUT2D eigenvalue weighted by Crippen LogP contribution is -2.47. The van der Waals surface area contributed by atoms with E-state index in [1.54, 1.807) is 25.2 Å². The van der Waals surface area contributed by atoms with Crippen LogP contribution in [0.15, 0.2) is 65.4 Å². The van der Waals surface area contributed by atoms with Crippen molar-refractivity contribution in [2.24, 2.45) is 0 Å². The normalized spacial score (nSPS) is 15.8. The van der Waals surface area contributed by atoms with Gasteiger partial charge in [0.15, 0.2) is 0 Å². The van der Waals surface area contributed by atoms with Gasteiger partial charge < -0.3 is 4.90 Å². The molecule has 0 saturated carbocycles. The molecule has 1 aromatic heterocycles. The summed E-state index contributed by atoms with van der Waals surface area (Å²) in [6, 6.07) is 13.7. The Balaban J connectivity index is 1.71. The van der Waals surface area contributed by atoms with Gasteiger partial charge >= 0.3 is 0 Å². The molecule has 5 nitrogen and oxygen atoms in total. The van der Waals surface area contributed by atoms with Crippen LogP contribution in [0.2, 0.25) is 0 Å². The first kappa shape index (κ1) is 25.4. The first-order chi connectivity index (χ1) is 16.6. The first-order valence-corrected chi connectivity index (χ1v) is 14.1. The van der Waals surface area contributed by atoms with E-state index < -0.39 is 10.0 Å². The number of carbonyl (C=O) groups is 1. The van der Waals surface area contributed by atoms with Gasteiger partial charge in [0.25, 0.3) is 0 Å². The zero-order valence-corrected chi connectivity index (χ0v) is 22.4. The van der Waals surface area contributed by atoms with Gasteiger partial charge in [-0.15, -0.1) is 17.9 Å². The summed E-state index contributed by atoms with van der Waals surface area (Å²) in [6.07, 6.45) is 2.31. The molecule has 0 aliphatic carbocycles. The number of sulfonamides is 1. The molecule has 0 radical (unpaired) electrons. The zero-order valence-electron chi connectivity index (χ0n) is 20.7. The van der Waals surface area contributed by atoms with Crippen LogP contribution in [-0.2, 0) is 21.2 Å². The fourth-order valence-corrected chi connectivity index (χ4v) is 7.83. The van der Waals surface area contributed by atoms with Crippen LogP contribution < -0.4 is 0 Å². The van der Waals surface area contributed by atoms with Gasteiger partial charge in [-0.25, -0.2) is 8.42 Å². The second kappa shape index (κ2) is 10.1. The quantitative estimate of drug-likeness (QED) is 0.405. The highest BCUT2D eigenvalue weighted by Gasteiger charge is 2.36. The Morgan fingerprint density at radius 2 is 1.77 bits per heavy atom. The molecule has 4 rings (SSSR count). The number of thiophene rings is 1. The van der Waals surface area contributed by atoms with Gasteiger partial charge in [-0.2, -0.15) is 4.31 Å². The van der Waals surface area contributed by atoms with E-state index in [2.05, 4.69) is 37.1 Å². The van der Waals surface area contributed by atoms with E-state index in [1.807, 2.05) is 36.1 Å². The van der Waals surface area contributed by atoms with E-state index >= 15 is 0 Å². The van der Waals surface area contributed by atoms with Gasteiger partial charge in [-0.3, -0.25) is 4.79 Å². The van der Waals surface area contributed by atoms with E-state index in [1.165, 1.54) is 15.3 Å². The lowest BCUT2D eigenvalue weighted by molar-refractivity contribution is -0.133. The lowest BCUT2D eigenvalue weighted by atomic mass is 9.90. The van der Waals surface area contributed by atoms with Crippen molar-refractivity contribution in [3.8, 4) is 0 Å². The molecule has 0 fully saturated rings. The Hall–Kier alpha value is -2.74. The molecule has 2 heterocycles. The minimum atomic E-state index is -3.90. The summed E-state index contributed by atoms with van der Waals surface area (Å²) in [5.74, 6) is -0.206. The number of fused-ring (bicyclic) bond motifs is 1. The highest BCUT2D eigenvalue weighted by Crippen LogP contribution is 2.39. The third-order valence-corrected chi connectivity index (χ3v) is 9.73. The van der Waals surface area contributed by atoms with Crippen molar-refractivity contribution < 1.29 is 13.2 Å². The minimum Gasteiger partial charge on any atom is -0.330 e. The Kier molecular flexibility index (Phi) is 7.31. The molecule has 3 aromatic rings. The predicted octanol–water partition coefficient (Wildman–Crippen LogP) is 5.33. The van der Waals surface area contributed by atoms with Crippen molar-refractivity contribution in [2.75, 3.05) is 19.6 Å². The predicted molar refractivity (Wildman–Crippen MR) is 142 cm³/mol. The first-order valence-electron chi connectivity index (χ1n) is 11.7. The number of nitrogens with zero attached hydrogens (tertiary/aromatic N) is 2. The molecule has 35 heavy (non-hydrogen) atoms. The van der Waals surface area contributed by atoms with E-state index in [0.29, 0.717) is 17.7 Å². The summed E-state index contributed by atoms with van der Waals surface area (Å²) < 4.78 is 28.8. The number of hydrogen-bond acceptors (Lipinski definition) is 4. The molecule has 0 N–H and O–H groups in total. The average molecular weight is 509 g/mol. The molecule has 1 aliphatic heterocycles. The van der Waals surface area contributed by atoms with Crippen molar-refractivity contribution in [1.82, 2.24) is 9.21 Å². The fraction of sp³-hybridized carbons (Fsp3) is 0.321. The average Bonchev–Trinajstić information content (AvgIpc) is 3.26. The van der Waals surface area contributed by atoms with Crippen molar-refractivity contribution in [3.05, 3.63) is 98.8 Å². The Labute approximate surface area is 212 Å². The second-order valence-corrected chi connectivity index (χ2v) is 12.1. The molecule has 184 valence electrons. The van der Waals surface area contributed by atoms with Crippen LogP contribution in [0.3, 0.4) is 0 Å². The number of carbonyl (C=O) groups excluding carboxylic acids is 1. The zero-order chi connectivity index (χ0) is 25.3. The van der Waals surface area contributed by atoms with Crippen LogP contribution >= 0.6 is 11.3 Å². The van der Waals surface area contributed by atoms with Crippen LogP contribution in [0.1, 0.15) is 44.3 Å². The van der Waals surface area contributed by atoms with Gasteiger partial charge in [0.05, 0.1) is 17.5 Å². The van der Waals surface area contributed by atoms with Crippen molar-refractivity contribution in [2.45, 2.75) is 45.1 Å². The molecule has 2 aromatic carbocycles. The molecule has 1 unspecified atom stereocenters. The maximum absolute atomic E-state index is 13.8. The van der Waals surface area contributed by atoms with E-state index in [0.717, 1.165) is 28.7 Å². The lowest BCUT2D eigenvalue weighted by Gasteiger charge is -2.38. The largest absolute Gasteiger partial charge is 0.330 e. The Morgan fingerprint density at radius 1 is 1.09 bits per heavy atom. The maximum atomic E-state index is 13.8. The van der Waals surface area contributed by atoms with Crippen LogP contribution in [0, 0.1) is 27.7 Å². The van der Waals surface area contributed by atoms with Crippen LogP contribution in [0.5, 0.6) is 0 Å². The van der Waals surface area contributed by atoms with Gasteiger partial charge in [-0.05, 0) is 73.4 Å². The standard InChI is InChI=1S/C28H32N2O3S2/c1-6-13-29(35(32,33)28-21(4)16-19(2)17-22(28)5)18-26(31)30-14-11-25-24(12-15-34-25)27(30)23-10-8-7-9-20(23)3/h6-10,12,15-17,27H,1,11,13-14,18H2,2-5H3. The minimum absolute atomic E-state index is 0.0629. The Bertz CT molecular complexity index is 1350. The van der Waals surface area contributed by atoms with Crippen molar-refractivity contribution in [3.63, 3.8) is 0 Å². The van der Waals surface area contributed by atoms with Gasteiger partial charge in [0, 0.05) is 18.0 Å². The highest BCUT2D eigenvalue weighted by atomic mass is 32.2. The van der Waals surface area contributed by atoms with Gasteiger partial charge in [-0.1, -0.05) is 48.0 Å². The molecule has 0 spiro atoms. The summed E-state index contributed by atoms with van der Waals surface area (Å²) in [5, 5.41) is 2.07. The molecule has 1 amide bonds. The molecule has 7 heteroatoms. The number of hydrogen-bond donors (Lipinski definition) is 0. The van der Waals surface area contributed by atoms with Crippen LogP contribution in [-0.4, -0.2) is 43.2 Å². The Morgan fingerprint density at radius 3 is 2.43 bits per heavy atom. The molecule has 0 saturated heterocycles. The third-order valence-electron chi connectivity index (χ3n) is 6.62. The summed E-state index contributed by atoms with van der Waals surface area (Å²) in [5.41, 5.74) is 5.68. The van der Waals surface area contributed by atoms with E-state index in [-0.39, 0.29) is 29.9 Å². The van der Waals surface area contributed by atoms with E-state index in [4.69, 9.17) is 0 Å². The number of amides is 1. The molecule has 1 aliphatic rings. The smallest absolute Gasteiger partial charge is 0.244 e. The van der Waals surface area contributed by atoms with Gasteiger partial charge in [0.2, 0.25) is 15.9 Å². The van der Waals surface area contributed by atoms with Crippen molar-refractivity contribution >= 4 is 27.3 Å². The summed E-state index contributed by atoms with van der Waals surface area (Å²) in [4.78, 5) is 17.2. The number of benzene rings is 2. The topological polar surface area (TPSA) is 57.7 Å². The van der Waals surface area contributed by atoms with E-state index in [9.17, 15) is 13.2 Å². The molecule has 1 atom stereocenters. The van der Waals surface area contributed by atoms with Crippen molar-refractivity contribution in [1.29, 1.82) is 0 Å². The number of aryl methyl sites for hydroxylation is 4. The second-order valence-electron chi connectivity index (χ2n) is 9.21. The number of rotatable bonds is 7. The molecular formula is C28H32N2O3S2. The monoisotopic (exact) mass is 508 g/mol. The highest BCUT2D eigenvalue weighted by molar-refractivity contribution is 7.89. The molecular weight excluding hydrogens is 476 g/mol. The van der Waals surface area contributed by atoms with Gasteiger partial charge in [0.1, 0.15) is 0 Å². The van der Waals surface area contributed by atoms with Crippen LogP contribution in [0.25, 0.3) is 0 Å². The summed E-state index contributed by atoms with van der Waals surface area (Å²) >= 11 is 1.71. The summed E-state index contributed by atoms with van der Waals surface area (Å²) in [6.45, 7) is 11.7.